The molecule has 0 unspecified atom stereocenters. The number of rotatable bonds is 5. The van der Waals surface area contributed by atoms with Gasteiger partial charge in [0.2, 0.25) is 0 Å². The molecule has 2 rings (SSSR count). The molecule has 0 saturated carbocycles. The molecule has 0 aliphatic carbocycles. The lowest BCUT2D eigenvalue weighted by molar-refractivity contribution is -0.140. The number of halogens is 4. The first kappa shape index (κ1) is 15.4. The van der Waals surface area contributed by atoms with Crippen LogP contribution in [0.3, 0.4) is 0 Å². The van der Waals surface area contributed by atoms with Crippen molar-refractivity contribution in [2.24, 2.45) is 0 Å². The standard InChI is InChI=1S/C14H13F4NO2/c1-19-7-13-9(4-5-20-13)8-21-10-2-3-12(15)11(6-10)14(16,17)18/h2-6,19H,7-8H2,1H3. The van der Waals surface area contributed by atoms with Crippen LogP contribution in [0.2, 0.25) is 0 Å². The van der Waals surface area contributed by atoms with Crippen molar-refractivity contribution in [3.8, 4) is 5.75 Å². The fourth-order valence-electron chi connectivity index (χ4n) is 1.78. The monoisotopic (exact) mass is 303 g/mol. The Hall–Kier alpha value is -2.02. The van der Waals surface area contributed by atoms with Crippen molar-refractivity contribution in [3.05, 3.63) is 53.2 Å². The third kappa shape index (κ3) is 3.75. The zero-order chi connectivity index (χ0) is 15.5. The Morgan fingerprint density at radius 2 is 2.00 bits per heavy atom. The molecule has 0 spiro atoms. The average Bonchev–Trinajstić information content (AvgIpc) is 2.84. The van der Waals surface area contributed by atoms with Crippen molar-refractivity contribution in [1.82, 2.24) is 5.32 Å². The lowest BCUT2D eigenvalue weighted by Crippen LogP contribution is -2.09. The van der Waals surface area contributed by atoms with Gasteiger partial charge >= 0.3 is 6.18 Å². The zero-order valence-electron chi connectivity index (χ0n) is 11.1. The lowest BCUT2D eigenvalue weighted by atomic mass is 10.2. The van der Waals surface area contributed by atoms with Gasteiger partial charge in [-0.3, -0.25) is 0 Å². The predicted octanol–water partition coefficient (Wildman–Crippen LogP) is 3.74. The summed E-state index contributed by atoms with van der Waals surface area (Å²) < 4.78 is 61.4. The molecule has 1 N–H and O–H groups in total. The molecule has 3 nitrogen and oxygen atoms in total. The molecule has 1 heterocycles. The fourth-order valence-corrected chi connectivity index (χ4v) is 1.78. The molecule has 0 bridgehead atoms. The van der Waals surface area contributed by atoms with Crippen LogP contribution in [-0.2, 0) is 19.3 Å². The third-order valence-electron chi connectivity index (χ3n) is 2.81. The summed E-state index contributed by atoms with van der Waals surface area (Å²) in [6, 6.07) is 4.21. The molecule has 0 amide bonds. The molecule has 114 valence electrons. The van der Waals surface area contributed by atoms with E-state index < -0.39 is 17.6 Å². The van der Waals surface area contributed by atoms with Gasteiger partial charge in [-0.1, -0.05) is 0 Å². The van der Waals surface area contributed by atoms with E-state index >= 15 is 0 Å². The van der Waals surface area contributed by atoms with Gasteiger partial charge in [-0.15, -0.1) is 0 Å². The minimum Gasteiger partial charge on any atom is -0.489 e. The summed E-state index contributed by atoms with van der Waals surface area (Å²) in [6.45, 7) is 0.513. The highest BCUT2D eigenvalue weighted by atomic mass is 19.4. The molecular formula is C14H13F4NO2. The van der Waals surface area contributed by atoms with Crippen molar-refractivity contribution in [2.75, 3.05) is 7.05 Å². The van der Waals surface area contributed by atoms with E-state index in [9.17, 15) is 17.6 Å². The van der Waals surface area contributed by atoms with Crippen LogP contribution in [0.5, 0.6) is 5.75 Å². The second-order valence-corrected chi connectivity index (χ2v) is 4.33. The van der Waals surface area contributed by atoms with Crippen molar-refractivity contribution in [1.29, 1.82) is 0 Å². The van der Waals surface area contributed by atoms with E-state index in [4.69, 9.17) is 9.15 Å². The van der Waals surface area contributed by atoms with Crippen LogP contribution in [0.1, 0.15) is 16.9 Å². The summed E-state index contributed by atoms with van der Waals surface area (Å²) in [4.78, 5) is 0. The van der Waals surface area contributed by atoms with Crippen LogP contribution in [0, 0.1) is 5.82 Å². The Balaban J connectivity index is 2.12. The largest absolute Gasteiger partial charge is 0.489 e. The molecule has 0 fully saturated rings. The number of alkyl halides is 3. The first-order valence-electron chi connectivity index (χ1n) is 6.11. The van der Waals surface area contributed by atoms with Crippen LogP contribution in [0.25, 0.3) is 0 Å². The smallest absolute Gasteiger partial charge is 0.419 e. The van der Waals surface area contributed by atoms with Crippen molar-refractivity contribution < 1.29 is 26.7 Å². The Kier molecular flexibility index (Phi) is 4.52. The number of benzene rings is 1. The number of nitrogens with one attached hydrogen (secondary N) is 1. The molecular weight excluding hydrogens is 290 g/mol. The molecule has 0 aliphatic heterocycles. The first-order chi connectivity index (χ1) is 9.91. The predicted molar refractivity (Wildman–Crippen MR) is 67.2 cm³/mol. The van der Waals surface area contributed by atoms with E-state index in [0.29, 0.717) is 23.9 Å². The molecule has 21 heavy (non-hydrogen) atoms. The molecule has 0 atom stereocenters. The molecule has 1 aromatic carbocycles. The van der Waals surface area contributed by atoms with Gasteiger partial charge in [0.05, 0.1) is 18.4 Å². The molecule has 1 aromatic heterocycles. The van der Waals surface area contributed by atoms with Crippen LogP contribution in [-0.4, -0.2) is 7.05 Å². The fraction of sp³-hybridized carbons (Fsp3) is 0.286. The minimum atomic E-state index is -4.75. The summed E-state index contributed by atoms with van der Waals surface area (Å²) in [5.41, 5.74) is -0.634. The maximum atomic E-state index is 13.1. The van der Waals surface area contributed by atoms with Gasteiger partial charge in [-0.25, -0.2) is 4.39 Å². The van der Waals surface area contributed by atoms with Crippen molar-refractivity contribution in [3.63, 3.8) is 0 Å². The van der Waals surface area contributed by atoms with Gasteiger partial charge in [0.15, 0.2) is 0 Å². The summed E-state index contributed by atoms with van der Waals surface area (Å²) >= 11 is 0. The molecule has 0 radical (unpaired) electrons. The normalized spacial score (nSPS) is 11.7. The topological polar surface area (TPSA) is 34.4 Å². The summed E-state index contributed by atoms with van der Waals surface area (Å²) in [6.07, 6.45) is -3.28. The molecule has 0 saturated heterocycles. The van der Waals surface area contributed by atoms with Gasteiger partial charge < -0.3 is 14.5 Å². The second kappa shape index (κ2) is 6.17. The van der Waals surface area contributed by atoms with Gasteiger partial charge in [0.25, 0.3) is 0 Å². The minimum absolute atomic E-state index is 0.0381. The van der Waals surface area contributed by atoms with Crippen LogP contribution in [0.4, 0.5) is 17.6 Å². The van der Waals surface area contributed by atoms with Crippen molar-refractivity contribution >= 4 is 0 Å². The van der Waals surface area contributed by atoms with E-state index in [1.165, 1.54) is 6.26 Å². The lowest BCUT2D eigenvalue weighted by Gasteiger charge is -2.11. The SMILES string of the molecule is CNCc1occc1COc1ccc(F)c(C(F)(F)F)c1. The highest BCUT2D eigenvalue weighted by Gasteiger charge is 2.34. The Morgan fingerprint density at radius 3 is 2.67 bits per heavy atom. The van der Waals surface area contributed by atoms with Crippen LogP contribution in [0.15, 0.2) is 34.9 Å². The van der Waals surface area contributed by atoms with Gasteiger partial charge in [-0.05, 0) is 31.3 Å². The van der Waals surface area contributed by atoms with Gasteiger partial charge in [0.1, 0.15) is 23.9 Å². The molecule has 7 heteroatoms. The number of hydrogen-bond donors (Lipinski definition) is 1. The maximum Gasteiger partial charge on any atom is 0.419 e. The number of ether oxygens (including phenoxy) is 1. The molecule has 2 aromatic rings. The number of hydrogen-bond acceptors (Lipinski definition) is 3. The van der Waals surface area contributed by atoms with Crippen LogP contribution < -0.4 is 10.1 Å². The average molecular weight is 303 g/mol. The van der Waals surface area contributed by atoms with E-state index in [1.807, 2.05) is 0 Å². The van der Waals surface area contributed by atoms with E-state index in [0.717, 1.165) is 12.1 Å². The quantitative estimate of drug-likeness (QED) is 0.855. The first-order valence-corrected chi connectivity index (χ1v) is 6.11. The van der Waals surface area contributed by atoms with E-state index in [-0.39, 0.29) is 12.4 Å². The Bertz CT molecular complexity index is 607. The highest BCUT2D eigenvalue weighted by molar-refractivity contribution is 5.32. The highest BCUT2D eigenvalue weighted by Crippen LogP contribution is 2.33. The van der Waals surface area contributed by atoms with Crippen LogP contribution >= 0.6 is 0 Å². The Labute approximate surface area is 118 Å². The van der Waals surface area contributed by atoms with E-state index in [2.05, 4.69) is 5.32 Å². The zero-order valence-corrected chi connectivity index (χ0v) is 11.1. The number of furan rings is 1. The third-order valence-corrected chi connectivity index (χ3v) is 2.81. The van der Waals surface area contributed by atoms with Gasteiger partial charge in [0, 0.05) is 5.56 Å². The molecule has 0 aliphatic rings. The van der Waals surface area contributed by atoms with E-state index in [1.54, 1.807) is 13.1 Å². The van der Waals surface area contributed by atoms with Crippen molar-refractivity contribution in [2.45, 2.75) is 19.3 Å². The summed E-state index contributed by atoms with van der Waals surface area (Å²) in [7, 11) is 1.74. The second-order valence-electron chi connectivity index (χ2n) is 4.33. The summed E-state index contributed by atoms with van der Waals surface area (Å²) in [5.74, 6) is -0.745. The Morgan fingerprint density at radius 1 is 1.24 bits per heavy atom. The van der Waals surface area contributed by atoms with Gasteiger partial charge in [-0.2, -0.15) is 13.2 Å². The maximum absolute atomic E-state index is 13.1. The summed E-state index contributed by atoms with van der Waals surface area (Å²) in [5, 5.41) is 2.90.